The van der Waals surface area contributed by atoms with Gasteiger partial charge >= 0.3 is 0 Å². The van der Waals surface area contributed by atoms with E-state index in [1.54, 1.807) is 0 Å². The van der Waals surface area contributed by atoms with Gasteiger partial charge in [-0.2, -0.15) is 0 Å². The normalized spacial score (nSPS) is 16.1. The van der Waals surface area contributed by atoms with Gasteiger partial charge in [0.05, 0.1) is 22.5 Å². The Hall–Kier alpha value is -4.00. The molecule has 0 aliphatic carbocycles. The van der Waals surface area contributed by atoms with E-state index in [0.29, 0.717) is 0 Å². The van der Waals surface area contributed by atoms with Crippen molar-refractivity contribution in [1.29, 1.82) is 0 Å². The zero-order valence-electron chi connectivity index (χ0n) is 17.1. The van der Waals surface area contributed by atoms with Crippen molar-refractivity contribution < 1.29 is 9.98 Å². The van der Waals surface area contributed by atoms with Gasteiger partial charge in [0.25, 0.3) is 11.7 Å². The number of nitrogens with one attached hydrogen (secondary N) is 6. The molecule has 2 aromatic heterocycles. The monoisotopic (exact) mass is 411 g/mol. The molecule has 6 rings (SSSR count). The predicted molar refractivity (Wildman–Crippen MR) is 126 cm³/mol. The number of rotatable bonds is 4. The van der Waals surface area contributed by atoms with Crippen molar-refractivity contribution in [3.63, 3.8) is 0 Å². The van der Waals surface area contributed by atoms with Crippen molar-refractivity contribution in [3.8, 4) is 0 Å². The quantitative estimate of drug-likeness (QED) is 0.240. The average molecular weight is 412 g/mol. The lowest BCUT2D eigenvalue weighted by atomic mass is 10.1. The van der Waals surface area contributed by atoms with Gasteiger partial charge in [0.15, 0.2) is 0 Å². The second-order valence-corrected chi connectivity index (χ2v) is 8.03. The number of nitrogen functional groups attached to an aromatic ring is 1. The van der Waals surface area contributed by atoms with Crippen LogP contribution in [0.5, 0.6) is 0 Å². The second-order valence-electron chi connectivity index (χ2n) is 8.03. The van der Waals surface area contributed by atoms with E-state index in [-0.39, 0.29) is 0 Å². The minimum absolute atomic E-state index is 0.767. The van der Waals surface area contributed by atoms with E-state index in [0.717, 1.165) is 76.9 Å². The largest absolute Gasteiger partial charge is 0.396 e. The third-order valence-electron chi connectivity index (χ3n) is 5.98. The van der Waals surface area contributed by atoms with Crippen LogP contribution in [0, 0.1) is 0 Å². The van der Waals surface area contributed by atoms with Crippen LogP contribution < -0.4 is 26.4 Å². The van der Waals surface area contributed by atoms with E-state index in [9.17, 15) is 0 Å². The van der Waals surface area contributed by atoms with Crippen molar-refractivity contribution in [1.82, 2.24) is 20.6 Å². The molecule has 0 bridgehead atoms. The van der Waals surface area contributed by atoms with Crippen molar-refractivity contribution >= 4 is 51.3 Å². The standard InChI is InChI=1S/C24H23N7/c25-22-18-5-3-16(24-28-9-10-29-24)13-21(18)31-19(22)6-4-17-11-14-1-2-15(12-20(14)30-17)23-26-7-8-27-23/h1-6,11-13,30-31H,7-10,25H2,(H,26,27)(H,28,29)/p+2/b6-4+. The Morgan fingerprint density at radius 2 is 1.48 bits per heavy atom. The van der Waals surface area contributed by atoms with Crippen molar-refractivity contribution in [3.05, 3.63) is 65.0 Å². The molecular formula is C24H25N7+2. The third-order valence-corrected chi connectivity index (χ3v) is 5.98. The maximum atomic E-state index is 6.42. The maximum absolute atomic E-state index is 6.42. The molecule has 0 saturated heterocycles. The number of aromatic nitrogens is 2. The van der Waals surface area contributed by atoms with Crippen LogP contribution >= 0.6 is 0 Å². The number of fused-ring (bicyclic) bond motifs is 2. The molecule has 2 aliphatic rings. The lowest BCUT2D eigenvalue weighted by Crippen LogP contribution is -2.70. The van der Waals surface area contributed by atoms with Gasteiger partial charge in [-0.25, -0.2) is 0 Å². The van der Waals surface area contributed by atoms with Crippen LogP contribution in [0.25, 0.3) is 34.0 Å². The van der Waals surface area contributed by atoms with E-state index < -0.39 is 0 Å². The van der Waals surface area contributed by atoms with E-state index in [4.69, 9.17) is 5.73 Å². The topological polar surface area (TPSA) is 110 Å². The molecule has 7 nitrogen and oxygen atoms in total. The van der Waals surface area contributed by atoms with Gasteiger partial charge in [-0.05, 0) is 48.6 Å². The zero-order chi connectivity index (χ0) is 20.8. The highest BCUT2D eigenvalue weighted by atomic mass is 15.1. The summed E-state index contributed by atoms with van der Waals surface area (Å²) < 4.78 is 0. The number of hydrogen-bond donors (Lipinski definition) is 7. The highest BCUT2D eigenvalue weighted by Gasteiger charge is 2.17. The summed E-state index contributed by atoms with van der Waals surface area (Å²) in [4.78, 5) is 13.7. The second kappa shape index (κ2) is 7.05. The molecule has 0 saturated carbocycles. The molecule has 8 N–H and O–H groups in total. The fourth-order valence-corrected chi connectivity index (χ4v) is 4.38. The number of hydrogen-bond acceptors (Lipinski definition) is 3. The third kappa shape index (κ3) is 3.15. The highest BCUT2D eigenvalue weighted by Crippen LogP contribution is 2.27. The fourth-order valence-electron chi connectivity index (χ4n) is 4.38. The zero-order valence-corrected chi connectivity index (χ0v) is 17.1. The van der Waals surface area contributed by atoms with Crippen molar-refractivity contribution in [2.45, 2.75) is 0 Å². The predicted octanol–water partition coefficient (Wildman–Crippen LogP) is -0.737. The Bertz CT molecular complexity index is 1400. The number of H-pyrrole nitrogens is 2. The summed E-state index contributed by atoms with van der Waals surface area (Å²) in [5.41, 5.74) is 13.6. The first-order valence-electron chi connectivity index (χ1n) is 10.7. The molecule has 4 aromatic rings. The summed E-state index contributed by atoms with van der Waals surface area (Å²) in [6.45, 7) is 3.83. The molecule has 2 aromatic carbocycles. The highest BCUT2D eigenvalue weighted by molar-refractivity contribution is 6.03. The van der Waals surface area contributed by atoms with Crippen LogP contribution in [0.3, 0.4) is 0 Å². The molecule has 0 atom stereocenters. The Morgan fingerprint density at radius 3 is 2.19 bits per heavy atom. The van der Waals surface area contributed by atoms with Gasteiger partial charge in [-0.15, -0.1) is 0 Å². The number of nitrogens with two attached hydrogens (primary N) is 1. The van der Waals surface area contributed by atoms with Gasteiger partial charge < -0.3 is 15.7 Å². The molecule has 0 unspecified atom stereocenters. The Labute approximate surface area is 179 Å². The molecule has 0 spiro atoms. The van der Waals surface area contributed by atoms with E-state index in [2.05, 4.69) is 79.1 Å². The maximum Gasteiger partial charge on any atom is 0.275 e. The SMILES string of the molecule is Nc1c(/C=C/c2cc3ccc(C4=[NH+]CCN4)cc3[nH]2)[nH]c2cc(C3=[NH+]CCN3)ccc12. The molecule has 0 fully saturated rings. The first-order valence-corrected chi connectivity index (χ1v) is 10.7. The van der Waals surface area contributed by atoms with Gasteiger partial charge in [-0.1, -0.05) is 6.07 Å². The first-order chi connectivity index (χ1) is 15.2. The lowest BCUT2D eigenvalue weighted by molar-refractivity contribution is -0.444. The molecule has 0 radical (unpaired) electrons. The number of anilines is 1. The van der Waals surface area contributed by atoms with Gasteiger partial charge in [0.2, 0.25) is 0 Å². The van der Waals surface area contributed by atoms with Crippen molar-refractivity contribution in [2.24, 2.45) is 0 Å². The molecule has 0 amide bonds. The summed E-state index contributed by atoms with van der Waals surface area (Å²) >= 11 is 0. The first kappa shape index (κ1) is 17.8. The van der Waals surface area contributed by atoms with Crippen molar-refractivity contribution in [2.75, 3.05) is 31.9 Å². The van der Waals surface area contributed by atoms with Crippen LogP contribution in [0.2, 0.25) is 0 Å². The van der Waals surface area contributed by atoms with Crippen LogP contribution in [-0.4, -0.2) is 47.8 Å². The van der Waals surface area contributed by atoms with Crippen LogP contribution in [0.4, 0.5) is 5.69 Å². The minimum Gasteiger partial charge on any atom is -0.396 e. The summed E-state index contributed by atoms with van der Waals surface area (Å²) in [6, 6.07) is 14.9. The summed E-state index contributed by atoms with van der Waals surface area (Å²) in [7, 11) is 0. The van der Waals surface area contributed by atoms with Crippen LogP contribution in [0.1, 0.15) is 22.5 Å². The van der Waals surface area contributed by atoms with Crippen LogP contribution in [0.15, 0.2) is 42.5 Å². The van der Waals surface area contributed by atoms with Gasteiger partial charge in [0, 0.05) is 27.5 Å². The van der Waals surface area contributed by atoms with Crippen LogP contribution in [-0.2, 0) is 0 Å². The number of aromatic amines is 2. The van der Waals surface area contributed by atoms with E-state index in [1.807, 2.05) is 6.08 Å². The van der Waals surface area contributed by atoms with Gasteiger partial charge in [0.1, 0.15) is 26.2 Å². The fraction of sp³-hybridized carbons (Fsp3) is 0.167. The molecule has 2 aliphatic heterocycles. The number of benzene rings is 2. The summed E-state index contributed by atoms with van der Waals surface area (Å²) in [5.74, 6) is 2.17. The van der Waals surface area contributed by atoms with Gasteiger partial charge in [-0.3, -0.25) is 20.6 Å². The molecule has 4 heterocycles. The molecule has 7 heteroatoms. The Kier molecular flexibility index (Phi) is 4.06. The number of amidine groups is 2. The minimum atomic E-state index is 0.767. The smallest absolute Gasteiger partial charge is 0.275 e. The van der Waals surface area contributed by atoms with E-state index in [1.165, 1.54) is 10.9 Å². The average Bonchev–Trinajstić information content (AvgIpc) is 3.59. The van der Waals surface area contributed by atoms with E-state index >= 15 is 0 Å². The lowest BCUT2D eigenvalue weighted by Gasteiger charge is -1.97. The molecule has 154 valence electrons. The Morgan fingerprint density at radius 1 is 0.774 bits per heavy atom. The Balaban J connectivity index is 1.30. The molecule has 31 heavy (non-hydrogen) atoms. The summed E-state index contributed by atoms with van der Waals surface area (Å²) in [5, 5.41) is 8.98. The summed E-state index contributed by atoms with van der Waals surface area (Å²) in [6.07, 6.45) is 4.10. The molecular weight excluding hydrogens is 386 g/mol.